The number of pyridine rings is 1. The number of carbonyl (C=O) groups is 2. The number of rotatable bonds is 9. The maximum atomic E-state index is 13.6. The first-order chi connectivity index (χ1) is 18.7. The number of carbonyl (C=O) groups excluding carboxylic acids is 2. The van der Waals surface area contributed by atoms with E-state index in [1.165, 1.54) is 0 Å². The van der Waals surface area contributed by atoms with Gasteiger partial charge in [0.15, 0.2) is 0 Å². The second kappa shape index (κ2) is 11.8. The second-order valence-electron chi connectivity index (χ2n) is 12.0. The Balaban J connectivity index is 1.50. The van der Waals surface area contributed by atoms with Gasteiger partial charge in [0, 0.05) is 35.8 Å². The summed E-state index contributed by atoms with van der Waals surface area (Å²) in [5.41, 5.74) is 1.38. The van der Waals surface area contributed by atoms with Crippen LogP contribution < -0.4 is 16.1 Å². The van der Waals surface area contributed by atoms with Crippen molar-refractivity contribution in [3.63, 3.8) is 0 Å². The lowest BCUT2D eigenvalue weighted by Crippen LogP contribution is -2.41. The molecule has 0 aliphatic carbocycles. The van der Waals surface area contributed by atoms with Gasteiger partial charge in [-0.15, -0.1) is 0 Å². The van der Waals surface area contributed by atoms with Gasteiger partial charge < -0.3 is 24.7 Å². The summed E-state index contributed by atoms with van der Waals surface area (Å²) >= 11 is 0. The molecule has 4 rings (SSSR count). The van der Waals surface area contributed by atoms with Crippen LogP contribution in [0.2, 0.25) is 0 Å². The van der Waals surface area contributed by atoms with Gasteiger partial charge in [0.2, 0.25) is 5.91 Å². The number of nitrogens with one attached hydrogen (secondary N) is 2. The summed E-state index contributed by atoms with van der Waals surface area (Å²) in [6.07, 6.45) is 9.48. The zero-order chi connectivity index (χ0) is 29.1. The summed E-state index contributed by atoms with van der Waals surface area (Å²) in [4.78, 5) is 30.1. The number of hydrogen-bond acceptors (Lipinski definition) is 6. The van der Waals surface area contributed by atoms with E-state index in [1.54, 1.807) is 12.4 Å². The summed E-state index contributed by atoms with van der Waals surface area (Å²) in [6.45, 7) is 8.48. The molecule has 1 saturated heterocycles. The van der Waals surface area contributed by atoms with Crippen LogP contribution in [0, 0.1) is 0 Å². The first-order valence-corrected chi connectivity index (χ1v) is 16.4. The van der Waals surface area contributed by atoms with E-state index in [4.69, 9.17) is 14.0 Å². The minimum Gasteiger partial charge on any atom is -0.449 e. The fourth-order valence-electron chi connectivity index (χ4n) is 4.24. The van der Waals surface area contributed by atoms with Crippen molar-refractivity contribution in [2.45, 2.75) is 44.8 Å². The maximum absolute atomic E-state index is 13.6. The van der Waals surface area contributed by atoms with Crippen molar-refractivity contribution in [2.75, 3.05) is 43.0 Å². The lowest BCUT2D eigenvalue weighted by Gasteiger charge is -2.32. The molecule has 1 aliphatic heterocycles. The van der Waals surface area contributed by atoms with Crippen LogP contribution >= 0.6 is 10.0 Å². The minimum absolute atomic E-state index is 0.0837. The molecule has 0 radical (unpaired) electrons. The number of alkyl carbamates (subject to hydrolysis) is 1. The Morgan fingerprint density at radius 1 is 0.975 bits per heavy atom. The van der Waals surface area contributed by atoms with Crippen molar-refractivity contribution >= 4 is 51.1 Å². The third-order valence-corrected chi connectivity index (χ3v) is 8.86. The van der Waals surface area contributed by atoms with Gasteiger partial charge in [-0.1, -0.05) is 30.3 Å². The Kier molecular flexibility index (Phi) is 8.82. The van der Waals surface area contributed by atoms with Gasteiger partial charge in [0.1, 0.15) is 6.61 Å². The topological polar surface area (TPSA) is 98.8 Å². The van der Waals surface area contributed by atoms with Crippen LogP contribution in [0.25, 0.3) is 10.8 Å². The van der Waals surface area contributed by atoms with E-state index < -0.39 is 40.4 Å². The fraction of sp³-hybridized carbons (Fsp3) is 0.433. The third kappa shape index (κ3) is 7.36. The lowest BCUT2D eigenvalue weighted by molar-refractivity contribution is -0.117. The van der Waals surface area contributed by atoms with Gasteiger partial charge in [0.25, 0.3) is 0 Å². The number of nitrogens with zero attached hydrogens (tertiary/aromatic N) is 1. The molecule has 0 saturated carbocycles. The van der Waals surface area contributed by atoms with Gasteiger partial charge in [-0.25, -0.2) is 14.8 Å². The van der Waals surface area contributed by atoms with E-state index in [-0.39, 0.29) is 12.5 Å². The van der Waals surface area contributed by atoms with Crippen LogP contribution in [0.4, 0.5) is 10.5 Å². The standard InChI is InChI=1S/C30H40BN3O5S/c1-29(2)30(3,4)39-31(38-29)24-11-8-21(9-12-24)26(20-33-28(36)37-16-17-40(5,6)7)27(35)34-25-13-10-23-19-32-15-14-22(23)18-25/h8-15,18-19,26H,16-17,20H2,1-7H3,(H,33,36)(H,34,35). The van der Waals surface area contributed by atoms with Gasteiger partial charge in [-0.05, 0) is 81.1 Å². The molecule has 1 atom stereocenters. The van der Waals surface area contributed by atoms with E-state index in [2.05, 4.69) is 34.4 Å². The average molecular weight is 566 g/mol. The molecule has 0 bridgehead atoms. The molecule has 1 aromatic heterocycles. The quantitative estimate of drug-likeness (QED) is 0.366. The zero-order valence-electron chi connectivity index (χ0n) is 24.4. The summed E-state index contributed by atoms with van der Waals surface area (Å²) < 4.78 is 17.7. The van der Waals surface area contributed by atoms with Crippen molar-refractivity contribution in [1.29, 1.82) is 0 Å². The van der Waals surface area contributed by atoms with Crippen molar-refractivity contribution in [3.8, 4) is 0 Å². The van der Waals surface area contributed by atoms with Crippen LogP contribution in [0.3, 0.4) is 0 Å². The lowest BCUT2D eigenvalue weighted by atomic mass is 9.78. The first-order valence-electron chi connectivity index (χ1n) is 13.4. The molecule has 40 heavy (non-hydrogen) atoms. The van der Waals surface area contributed by atoms with Crippen molar-refractivity contribution in [1.82, 2.24) is 10.3 Å². The van der Waals surface area contributed by atoms with E-state index in [9.17, 15) is 9.59 Å². The Morgan fingerprint density at radius 3 is 2.30 bits per heavy atom. The highest BCUT2D eigenvalue weighted by Gasteiger charge is 2.51. The molecule has 10 heteroatoms. The highest BCUT2D eigenvalue weighted by molar-refractivity contribution is 8.32. The Bertz CT molecular complexity index is 1340. The molecule has 8 nitrogen and oxygen atoms in total. The normalized spacial score (nSPS) is 17.3. The minimum atomic E-state index is -0.777. The van der Waals surface area contributed by atoms with Gasteiger partial charge in [0.05, 0.1) is 17.1 Å². The Hall–Kier alpha value is -3.08. The molecule has 1 fully saturated rings. The van der Waals surface area contributed by atoms with Crippen LogP contribution in [0.1, 0.15) is 39.2 Å². The largest absolute Gasteiger partial charge is 0.494 e. The van der Waals surface area contributed by atoms with E-state index in [1.807, 2.05) is 76.2 Å². The molecule has 0 spiro atoms. The van der Waals surface area contributed by atoms with Gasteiger partial charge in [-0.3, -0.25) is 9.78 Å². The molecule has 2 N–H and O–H groups in total. The number of aromatic nitrogens is 1. The predicted molar refractivity (Wildman–Crippen MR) is 165 cm³/mol. The number of benzene rings is 2. The molecule has 3 aromatic rings. The van der Waals surface area contributed by atoms with Gasteiger partial charge >= 0.3 is 13.2 Å². The monoisotopic (exact) mass is 565 g/mol. The smallest absolute Gasteiger partial charge is 0.449 e. The van der Waals surface area contributed by atoms with Crippen LogP contribution in [0.15, 0.2) is 60.9 Å². The molecule has 1 unspecified atom stereocenters. The van der Waals surface area contributed by atoms with Crippen LogP contribution in [-0.2, 0) is 18.8 Å². The van der Waals surface area contributed by atoms with Gasteiger partial charge in [-0.2, -0.15) is 0 Å². The number of amides is 2. The number of ether oxygens (including phenoxy) is 1. The first kappa shape index (κ1) is 29.9. The third-order valence-electron chi connectivity index (χ3n) is 7.47. The molecule has 214 valence electrons. The number of hydrogen-bond donors (Lipinski definition) is 2. The highest BCUT2D eigenvalue weighted by atomic mass is 32.3. The van der Waals surface area contributed by atoms with E-state index in [0.29, 0.717) is 12.3 Å². The molecular weight excluding hydrogens is 525 g/mol. The summed E-state index contributed by atoms with van der Waals surface area (Å²) in [6, 6.07) is 15.1. The fourth-order valence-corrected chi connectivity index (χ4v) is 4.82. The Morgan fingerprint density at radius 2 is 1.65 bits per heavy atom. The van der Waals surface area contributed by atoms with Crippen molar-refractivity contribution in [2.24, 2.45) is 0 Å². The van der Waals surface area contributed by atoms with E-state index in [0.717, 1.165) is 27.6 Å². The van der Waals surface area contributed by atoms with E-state index >= 15 is 0 Å². The van der Waals surface area contributed by atoms with Crippen LogP contribution in [-0.4, -0.2) is 73.0 Å². The second-order valence-corrected chi connectivity index (χ2v) is 16.6. The summed E-state index contributed by atoms with van der Waals surface area (Å²) in [5.74, 6) is -0.0696. The maximum Gasteiger partial charge on any atom is 0.494 e. The van der Waals surface area contributed by atoms with Crippen molar-refractivity contribution in [3.05, 3.63) is 66.5 Å². The highest BCUT2D eigenvalue weighted by Crippen LogP contribution is 2.36. The predicted octanol–water partition coefficient (Wildman–Crippen LogP) is 4.68. The summed E-state index contributed by atoms with van der Waals surface area (Å²) in [7, 11) is -1.28. The Labute approximate surface area is 239 Å². The number of anilines is 1. The molecule has 2 aromatic carbocycles. The SMILES string of the molecule is CC1(C)OB(c2ccc(C(CNC(=O)OCCS(C)(C)C)C(=O)Nc3ccc4cnccc4c3)cc2)OC1(C)C. The molecular formula is C30H40BN3O5S. The summed E-state index contributed by atoms with van der Waals surface area (Å²) in [5, 5.41) is 7.75. The molecule has 2 amide bonds. The number of fused-ring (bicyclic) bond motifs is 1. The molecule has 2 heterocycles. The zero-order valence-corrected chi connectivity index (χ0v) is 25.3. The average Bonchev–Trinajstić information content (AvgIpc) is 3.10. The van der Waals surface area contributed by atoms with Crippen molar-refractivity contribution < 1.29 is 23.6 Å². The van der Waals surface area contributed by atoms with Crippen LogP contribution in [0.5, 0.6) is 0 Å². The molecule has 1 aliphatic rings.